The van der Waals surface area contributed by atoms with Crippen LogP contribution in [-0.4, -0.2) is 51.6 Å². The zero-order valence-corrected chi connectivity index (χ0v) is 20.2. The monoisotopic (exact) mass is 435 g/mol. The Hall–Kier alpha value is -1.85. The molecule has 0 unspecified atom stereocenters. The molecule has 1 aromatic carbocycles. The fraction of sp³-hybridized carbons (Fsp3) is 0.667. The van der Waals surface area contributed by atoms with E-state index in [-0.39, 0.29) is 17.0 Å². The van der Waals surface area contributed by atoms with Gasteiger partial charge in [0, 0.05) is 36.5 Å². The Morgan fingerprint density at radius 1 is 1.22 bits per heavy atom. The number of methoxy groups -OCH3 is 1. The van der Waals surface area contributed by atoms with Crippen molar-refractivity contribution in [2.75, 3.05) is 20.2 Å². The molecule has 172 valence electrons. The van der Waals surface area contributed by atoms with E-state index in [2.05, 4.69) is 55.5 Å². The minimum absolute atomic E-state index is 0.0684. The van der Waals surface area contributed by atoms with Crippen molar-refractivity contribution in [3.63, 3.8) is 0 Å². The highest BCUT2D eigenvalue weighted by molar-refractivity contribution is 5.52. The van der Waals surface area contributed by atoms with Gasteiger partial charge in [0.25, 0.3) is 0 Å². The van der Waals surface area contributed by atoms with Crippen molar-refractivity contribution < 1.29 is 9.84 Å². The molecule has 0 spiro atoms. The van der Waals surface area contributed by atoms with E-state index in [9.17, 15) is 5.11 Å². The molecule has 0 radical (unpaired) electrons. The summed E-state index contributed by atoms with van der Waals surface area (Å²) in [4.78, 5) is 2.64. The predicted molar refractivity (Wildman–Crippen MR) is 125 cm³/mol. The van der Waals surface area contributed by atoms with Gasteiger partial charge < -0.3 is 9.84 Å². The lowest BCUT2D eigenvalue weighted by atomic mass is 9.49. The third kappa shape index (κ3) is 2.73. The molecule has 1 saturated heterocycles. The second-order valence-corrected chi connectivity index (χ2v) is 11.9. The number of likely N-dealkylation sites (tertiary alicyclic amines) is 1. The van der Waals surface area contributed by atoms with Gasteiger partial charge in [-0.3, -0.25) is 9.58 Å². The van der Waals surface area contributed by atoms with Gasteiger partial charge >= 0.3 is 0 Å². The summed E-state index contributed by atoms with van der Waals surface area (Å²) in [6, 6.07) is 6.72. The fourth-order valence-corrected chi connectivity index (χ4v) is 7.16. The lowest BCUT2D eigenvalue weighted by molar-refractivity contribution is -0.152. The normalized spacial score (nSPS) is 31.6. The number of aliphatic hydroxyl groups is 1. The molecule has 3 atom stereocenters. The highest BCUT2D eigenvalue weighted by Gasteiger charge is 2.65. The van der Waals surface area contributed by atoms with Gasteiger partial charge in [-0.1, -0.05) is 6.07 Å². The summed E-state index contributed by atoms with van der Waals surface area (Å²) in [5.74, 6) is 1.72. The van der Waals surface area contributed by atoms with Crippen LogP contribution >= 0.6 is 0 Å². The third-order valence-corrected chi connectivity index (χ3v) is 8.96. The molecule has 2 heterocycles. The van der Waals surface area contributed by atoms with Crippen LogP contribution in [0.5, 0.6) is 5.75 Å². The van der Waals surface area contributed by atoms with Crippen molar-refractivity contribution in [1.82, 2.24) is 14.7 Å². The Morgan fingerprint density at radius 3 is 2.69 bits per heavy atom. The summed E-state index contributed by atoms with van der Waals surface area (Å²) >= 11 is 0. The lowest BCUT2D eigenvalue weighted by Crippen LogP contribution is -2.74. The maximum absolute atomic E-state index is 12.7. The van der Waals surface area contributed by atoms with E-state index in [1.807, 2.05) is 0 Å². The number of aromatic nitrogens is 2. The second-order valence-electron chi connectivity index (χ2n) is 11.9. The van der Waals surface area contributed by atoms with Crippen molar-refractivity contribution in [3.05, 3.63) is 46.3 Å². The second kappa shape index (κ2) is 6.60. The highest BCUT2D eigenvalue weighted by Crippen LogP contribution is 2.58. The average Bonchev–Trinajstić information content (AvgIpc) is 3.50. The van der Waals surface area contributed by atoms with Crippen LogP contribution in [0.2, 0.25) is 0 Å². The fourth-order valence-electron chi connectivity index (χ4n) is 7.16. The summed E-state index contributed by atoms with van der Waals surface area (Å²) in [6.07, 6.45) is 6.12. The SMILES string of the molecule is COc1ccc2c(c1)[C@]13CCN(CC4CC4)[C@H](C2)[C@]1(O)Cc1c(nn(C(C)(C)C)c1C)C3. The largest absolute Gasteiger partial charge is 0.497 e. The van der Waals surface area contributed by atoms with Crippen molar-refractivity contribution >= 4 is 0 Å². The molecule has 2 aromatic rings. The van der Waals surface area contributed by atoms with Gasteiger partial charge in [0.05, 0.1) is 23.9 Å². The summed E-state index contributed by atoms with van der Waals surface area (Å²) in [7, 11) is 1.74. The summed E-state index contributed by atoms with van der Waals surface area (Å²) < 4.78 is 7.82. The first-order valence-electron chi connectivity index (χ1n) is 12.4. The first-order chi connectivity index (χ1) is 15.2. The standard InChI is InChI=1S/C27H37N3O2/c1-17-21-14-27(31)24-12-19-8-9-20(32-5)13-22(19)26(27,10-11-29(24)16-18-6-7-18)15-23(21)28-30(17)25(2,3)4/h8-9,13,18,24,31H,6-7,10-12,14-16H2,1-5H3/t24-,26-,27-/m1/s1. The molecular formula is C27H37N3O2. The first-order valence-corrected chi connectivity index (χ1v) is 12.4. The number of fused-ring (bicyclic) bond motifs is 2. The molecule has 1 aliphatic heterocycles. The number of rotatable bonds is 3. The Kier molecular flexibility index (Phi) is 4.28. The molecule has 2 bridgehead atoms. The van der Waals surface area contributed by atoms with Crippen LogP contribution in [0.4, 0.5) is 0 Å². The van der Waals surface area contributed by atoms with Crippen LogP contribution in [0.25, 0.3) is 0 Å². The maximum Gasteiger partial charge on any atom is 0.119 e. The quantitative estimate of drug-likeness (QED) is 0.798. The van der Waals surface area contributed by atoms with Crippen LogP contribution in [0.1, 0.15) is 68.1 Å². The van der Waals surface area contributed by atoms with E-state index in [1.54, 1.807) is 7.11 Å². The number of benzene rings is 1. The molecule has 32 heavy (non-hydrogen) atoms. The molecule has 1 saturated carbocycles. The number of hydrogen-bond donors (Lipinski definition) is 1. The summed E-state index contributed by atoms with van der Waals surface area (Å²) in [5.41, 5.74) is 5.24. The van der Waals surface area contributed by atoms with Crippen LogP contribution in [-0.2, 0) is 30.2 Å². The number of ether oxygens (including phenoxy) is 1. The third-order valence-electron chi connectivity index (χ3n) is 8.96. The van der Waals surface area contributed by atoms with E-state index in [0.29, 0.717) is 6.42 Å². The molecule has 2 fully saturated rings. The molecule has 4 aliphatic rings. The van der Waals surface area contributed by atoms with Gasteiger partial charge in [0.1, 0.15) is 5.75 Å². The average molecular weight is 436 g/mol. The Morgan fingerprint density at radius 2 is 2.00 bits per heavy atom. The molecule has 1 aromatic heterocycles. The summed E-state index contributed by atoms with van der Waals surface area (Å²) in [5, 5.41) is 17.9. The van der Waals surface area contributed by atoms with Crippen LogP contribution in [0.3, 0.4) is 0 Å². The Balaban J connectivity index is 1.54. The first kappa shape index (κ1) is 20.7. The zero-order chi connectivity index (χ0) is 22.5. The van der Waals surface area contributed by atoms with Crippen molar-refractivity contribution in [1.29, 1.82) is 0 Å². The topological polar surface area (TPSA) is 50.5 Å². The number of piperidine rings is 1. The molecular weight excluding hydrogens is 398 g/mol. The van der Waals surface area contributed by atoms with E-state index < -0.39 is 5.60 Å². The minimum atomic E-state index is -0.775. The maximum atomic E-state index is 12.7. The molecule has 5 nitrogen and oxygen atoms in total. The number of nitrogens with zero attached hydrogens (tertiary/aromatic N) is 3. The lowest BCUT2D eigenvalue weighted by Gasteiger charge is -2.63. The van der Waals surface area contributed by atoms with Gasteiger partial charge in [-0.2, -0.15) is 5.10 Å². The van der Waals surface area contributed by atoms with E-state index in [0.717, 1.165) is 44.0 Å². The van der Waals surface area contributed by atoms with E-state index >= 15 is 0 Å². The predicted octanol–water partition coefficient (Wildman–Crippen LogP) is 3.76. The van der Waals surface area contributed by atoms with Crippen molar-refractivity contribution in [3.8, 4) is 5.75 Å². The molecule has 1 N–H and O–H groups in total. The van der Waals surface area contributed by atoms with Gasteiger partial charge in [-0.15, -0.1) is 0 Å². The molecule has 6 rings (SSSR count). The van der Waals surface area contributed by atoms with E-state index in [4.69, 9.17) is 9.84 Å². The zero-order valence-electron chi connectivity index (χ0n) is 20.2. The molecule has 0 amide bonds. The van der Waals surface area contributed by atoms with Crippen molar-refractivity contribution in [2.45, 2.75) is 88.8 Å². The van der Waals surface area contributed by atoms with Gasteiger partial charge in [0.15, 0.2) is 0 Å². The summed E-state index contributed by atoms with van der Waals surface area (Å²) in [6.45, 7) is 11.0. The van der Waals surface area contributed by atoms with Gasteiger partial charge in [-0.25, -0.2) is 0 Å². The highest BCUT2D eigenvalue weighted by atomic mass is 16.5. The molecule has 3 aliphatic carbocycles. The van der Waals surface area contributed by atoms with Gasteiger partial charge in [0.2, 0.25) is 0 Å². The van der Waals surface area contributed by atoms with Crippen LogP contribution in [0.15, 0.2) is 18.2 Å². The van der Waals surface area contributed by atoms with Gasteiger partial charge in [-0.05, 0) is 94.7 Å². The van der Waals surface area contributed by atoms with Crippen LogP contribution < -0.4 is 4.74 Å². The molecule has 5 heteroatoms. The Labute approximate surface area is 191 Å². The number of hydrogen-bond acceptors (Lipinski definition) is 4. The Bertz CT molecular complexity index is 1080. The van der Waals surface area contributed by atoms with Crippen LogP contribution in [0, 0.1) is 12.8 Å². The smallest absolute Gasteiger partial charge is 0.119 e. The van der Waals surface area contributed by atoms with Crippen molar-refractivity contribution in [2.24, 2.45) is 5.92 Å². The minimum Gasteiger partial charge on any atom is -0.497 e. The van der Waals surface area contributed by atoms with E-state index in [1.165, 1.54) is 40.9 Å².